The Labute approximate surface area is 173 Å². The number of sulfonamides is 1. The minimum atomic E-state index is -3.58. The Kier molecular flexibility index (Phi) is 5.49. The molecule has 4 atom stereocenters. The predicted molar refractivity (Wildman–Crippen MR) is 114 cm³/mol. The first-order valence-electron chi connectivity index (χ1n) is 10.3. The molecule has 0 unspecified atom stereocenters. The van der Waals surface area contributed by atoms with E-state index >= 15 is 0 Å². The van der Waals surface area contributed by atoms with Gasteiger partial charge in [0.25, 0.3) is 5.91 Å². The zero-order valence-electron chi connectivity index (χ0n) is 16.9. The van der Waals surface area contributed by atoms with Crippen molar-refractivity contribution in [3.8, 4) is 0 Å². The average Bonchev–Trinajstić information content (AvgIpc) is 3.32. The Morgan fingerprint density at radius 2 is 1.83 bits per heavy atom. The number of anilines is 1. The predicted octanol–water partition coefficient (Wildman–Crippen LogP) is 4.35. The van der Waals surface area contributed by atoms with Gasteiger partial charge in [-0.3, -0.25) is 4.79 Å². The summed E-state index contributed by atoms with van der Waals surface area (Å²) in [7, 11) is -3.58. The van der Waals surface area contributed by atoms with Gasteiger partial charge in [-0.2, -0.15) is 0 Å². The number of benzene rings is 2. The van der Waals surface area contributed by atoms with E-state index in [0.29, 0.717) is 23.1 Å². The fourth-order valence-corrected chi connectivity index (χ4v) is 6.31. The molecule has 2 aliphatic rings. The summed E-state index contributed by atoms with van der Waals surface area (Å²) in [6.45, 7) is 3.92. The Bertz CT molecular complexity index is 1000. The van der Waals surface area contributed by atoms with Crippen molar-refractivity contribution in [3.63, 3.8) is 0 Å². The molecule has 2 N–H and O–H groups in total. The third kappa shape index (κ3) is 4.38. The molecule has 2 bridgehead atoms. The van der Waals surface area contributed by atoms with Crippen LogP contribution >= 0.6 is 0 Å². The van der Waals surface area contributed by atoms with E-state index in [1.807, 2.05) is 32.0 Å². The molecule has 4 rings (SSSR count). The second kappa shape index (κ2) is 7.92. The largest absolute Gasteiger partial charge is 0.322 e. The Hall–Kier alpha value is -2.18. The summed E-state index contributed by atoms with van der Waals surface area (Å²) >= 11 is 0. The SMILES string of the molecule is Cc1cccc(C(=O)Nc2ccc(S(=O)(=O)N[C@H](C)[C@@H]3C[C@H]4CC[C@H]3C4)cc2)c1. The highest BCUT2D eigenvalue weighted by Crippen LogP contribution is 2.49. The van der Waals surface area contributed by atoms with Crippen LogP contribution in [0.15, 0.2) is 53.4 Å². The number of carbonyl (C=O) groups excluding carboxylic acids is 1. The van der Waals surface area contributed by atoms with Crippen molar-refractivity contribution >= 4 is 21.6 Å². The monoisotopic (exact) mass is 412 g/mol. The standard InChI is InChI=1S/C23H28N2O3S/c1-15-4-3-5-19(12-15)23(26)24-20-8-10-21(11-9-20)29(27,28)25-16(2)22-14-17-6-7-18(22)13-17/h3-5,8-12,16-18,22,25H,6-7,13-14H2,1-2H3,(H,24,26)/t16-,17+,18+,22+/m1/s1. The van der Waals surface area contributed by atoms with E-state index in [1.54, 1.807) is 30.3 Å². The van der Waals surface area contributed by atoms with E-state index in [-0.39, 0.29) is 16.8 Å². The number of nitrogens with one attached hydrogen (secondary N) is 2. The molecule has 5 nitrogen and oxygen atoms in total. The first-order chi connectivity index (χ1) is 13.8. The average molecular weight is 413 g/mol. The van der Waals surface area contributed by atoms with Crippen LogP contribution in [0.2, 0.25) is 0 Å². The van der Waals surface area contributed by atoms with Gasteiger partial charge in [0, 0.05) is 17.3 Å². The third-order valence-corrected chi connectivity index (χ3v) is 8.05. The number of aryl methyl sites for hydroxylation is 1. The molecule has 6 heteroatoms. The molecule has 2 aliphatic carbocycles. The van der Waals surface area contributed by atoms with Gasteiger partial charge in [-0.25, -0.2) is 13.1 Å². The van der Waals surface area contributed by atoms with E-state index in [2.05, 4.69) is 10.0 Å². The van der Waals surface area contributed by atoms with Gasteiger partial charge in [-0.1, -0.05) is 24.1 Å². The van der Waals surface area contributed by atoms with Crippen LogP contribution in [0.4, 0.5) is 5.69 Å². The number of carbonyl (C=O) groups is 1. The van der Waals surface area contributed by atoms with Crippen molar-refractivity contribution < 1.29 is 13.2 Å². The molecule has 2 saturated carbocycles. The van der Waals surface area contributed by atoms with Gasteiger partial charge >= 0.3 is 0 Å². The second-order valence-electron chi connectivity index (χ2n) is 8.60. The van der Waals surface area contributed by atoms with Crippen molar-refractivity contribution in [2.24, 2.45) is 17.8 Å². The fourth-order valence-electron chi connectivity index (χ4n) is 5.01. The van der Waals surface area contributed by atoms with E-state index < -0.39 is 10.0 Å². The quantitative estimate of drug-likeness (QED) is 0.741. The molecular formula is C23H28N2O3S. The van der Waals surface area contributed by atoms with Crippen LogP contribution in [0, 0.1) is 24.7 Å². The highest BCUT2D eigenvalue weighted by molar-refractivity contribution is 7.89. The molecule has 0 heterocycles. The molecule has 0 spiro atoms. The van der Waals surface area contributed by atoms with E-state index in [1.165, 1.54) is 19.3 Å². The third-order valence-electron chi connectivity index (χ3n) is 6.48. The van der Waals surface area contributed by atoms with Crippen molar-refractivity contribution in [2.45, 2.75) is 50.5 Å². The first kappa shape index (κ1) is 20.1. The minimum Gasteiger partial charge on any atom is -0.322 e. The lowest BCUT2D eigenvalue weighted by Gasteiger charge is -2.28. The van der Waals surface area contributed by atoms with E-state index in [9.17, 15) is 13.2 Å². The Morgan fingerprint density at radius 3 is 2.45 bits per heavy atom. The second-order valence-corrected chi connectivity index (χ2v) is 10.3. The molecule has 0 saturated heterocycles. The maximum Gasteiger partial charge on any atom is 0.255 e. The van der Waals surface area contributed by atoms with Crippen molar-refractivity contribution in [1.29, 1.82) is 0 Å². The fraction of sp³-hybridized carbons (Fsp3) is 0.435. The first-order valence-corrected chi connectivity index (χ1v) is 11.8. The van der Waals surface area contributed by atoms with Gasteiger partial charge in [0.1, 0.15) is 0 Å². The van der Waals surface area contributed by atoms with Gasteiger partial charge < -0.3 is 5.32 Å². The van der Waals surface area contributed by atoms with Crippen LogP contribution in [0.25, 0.3) is 0 Å². The van der Waals surface area contributed by atoms with Gasteiger partial charge in [-0.05, 0) is 87.3 Å². The lowest BCUT2D eigenvalue weighted by molar-refractivity contribution is 0.102. The zero-order chi connectivity index (χ0) is 20.6. The Morgan fingerprint density at radius 1 is 1.07 bits per heavy atom. The number of amides is 1. The molecule has 1 amide bonds. The van der Waals surface area contributed by atoms with E-state index in [0.717, 1.165) is 17.9 Å². The Balaban J connectivity index is 1.40. The van der Waals surface area contributed by atoms with Crippen LogP contribution in [0.3, 0.4) is 0 Å². The maximum absolute atomic E-state index is 12.8. The highest BCUT2D eigenvalue weighted by atomic mass is 32.2. The minimum absolute atomic E-state index is 0.0593. The molecular weight excluding hydrogens is 384 g/mol. The molecule has 0 aliphatic heterocycles. The number of hydrogen-bond donors (Lipinski definition) is 2. The summed E-state index contributed by atoms with van der Waals surface area (Å²) in [4.78, 5) is 12.6. The zero-order valence-corrected chi connectivity index (χ0v) is 17.7. The number of rotatable bonds is 6. The van der Waals surface area contributed by atoms with Gasteiger partial charge in [0.15, 0.2) is 0 Å². The van der Waals surface area contributed by atoms with Gasteiger partial charge in [-0.15, -0.1) is 0 Å². The summed E-state index contributed by atoms with van der Waals surface area (Å²) in [5, 5.41) is 2.81. The lowest BCUT2D eigenvalue weighted by atomic mass is 9.84. The van der Waals surface area contributed by atoms with Crippen LogP contribution < -0.4 is 10.0 Å². The molecule has 29 heavy (non-hydrogen) atoms. The summed E-state index contributed by atoms with van der Waals surface area (Å²) in [6.07, 6.45) is 4.93. The van der Waals surface area contributed by atoms with Gasteiger partial charge in [0.2, 0.25) is 10.0 Å². The molecule has 2 fully saturated rings. The summed E-state index contributed by atoms with van der Waals surface area (Å²) in [5.74, 6) is 1.67. The summed E-state index contributed by atoms with van der Waals surface area (Å²) < 4.78 is 28.5. The van der Waals surface area contributed by atoms with Crippen molar-refractivity contribution in [3.05, 3.63) is 59.7 Å². The maximum atomic E-state index is 12.8. The van der Waals surface area contributed by atoms with Crippen molar-refractivity contribution in [1.82, 2.24) is 4.72 Å². The number of hydrogen-bond acceptors (Lipinski definition) is 3. The van der Waals surface area contributed by atoms with Crippen LogP contribution in [0.1, 0.15) is 48.5 Å². The normalized spacial score (nSPS) is 24.4. The lowest BCUT2D eigenvalue weighted by Crippen LogP contribution is -2.40. The van der Waals surface area contributed by atoms with E-state index in [4.69, 9.17) is 0 Å². The summed E-state index contributed by atoms with van der Waals surface area (Å²) in [6, 6.07) is 13.6. The molecule has 2 aromatic carbocycles. The smallest absolute Gasteiger partial charge is 0.255 e. The van der Waals surface area contributed by atoms with Crippen LogP contribution in [-0.2, 0) is 10.0 Å². The molecule has 154 valence electrons. The highest BCUT2D eigenvalue weighted by Gasteiger charge is 2.42. The van der Waals surface area contributed by atoms with Gasteiger partial charge in [0.05, 0.1) is 4.90 Å². The summed E-state index contributed by atoms with van der Waals surface area (Å²) in [5.41, 5.74) is 2.15. The molecule has 0 radical (unpaired) electrons. The van der Waals surface area contributed by atoms with Crippen molar-refractivity contribution in [2.75, 3.05) is 5.32 Å². The topological polar surface area (TPSA) is 75.3 Å². The van der Waals surface area contributed by atoms with Crippen LogP contribution in [0.5, 0.6) is 0 Å². The number of fused-ring (bicyclic) bond motifs is 2. The molecule has 0 aromatic heterocycles. The molecule has 2 aromatic rings. The van der Waals surface area contributed by atoms with Crippen LogP contribution in [-0.4, -0.2) is 20.4 Å².